The van der Waals surface area contributed by atoms with Crippen LogP contribution in [0.15, 0.2) is 23.1 Å². The molecule has 5 heteroatoms. The van der Waals surface area contributed by atoms with Crippen LogP contribution in [-0.4, -0.2) is 10.4 Å². The van der Waals surface area contributed by atoms with Crippen molar-refractivity contribution in [1.82, 2.24) is 0 Å². The summed E-state index contributed by atoms with van der Waals surface area (Å²) in [4.78, 5) is 0.250. The van der Waals surface area contributed by atoms with Gasteiger partial charge in [-0.2, -0.15) is 8.78 Å². The molecule has 0 bridgehead atoms. The van der Waals surface area contributed by atoms with Crippen molar-refractivity contribution in [2.24, 2.45) is 0 Å². The standard InChI is InChI=1S/C9H7F3OS/c10-8-6-3-5(4-13)1-2-7(6)14-9(8,11)12/h1-3,8,13H,4H2. The van der Waals surface area contributed by atoms with Crippen LogP contribution in [0.1, 0.15) is 17.3 Å². The van der Waals surface area contributed by atoms with Crippen LogP contribution in [0.3, 0.4) is 0 Å². The Labute approximate surface area is 82.9 Å². The van der Waals surface area contributed by atoms with Crippen molar-refractivity contribution in [2.75, 3.05) is 0 Å². The Bertz CT molecular complexity index is 367. The smallest absolute Gasteiger partial charge is 0.333 e. The highest BCUT2D eigenvalue weighted by atomic mass is 32.2. The number of thioether (sulfide) groups is 1. The second kappa shape index (κ2) is 3.17. The van der Waals surface area contributed by atoms with Gasteiger partial charge in [0.1, 0.15) is 0 Å². The number of aliphatic hydroxyl groups is 1. The Morgan fingerprint density at radius 2 is 2.14 bits per heavy atom. The number of halogens is 3. The van der Waals surface area contributed by atoms with E-state index in [4.69, 9.17) is 5.11 Å². The van der Waals surface area contributed by atoms with Crippen LogP contribution in [0.25, 0.3) is 0 Å². The normalized spacial score (nSPS) is 23.6. The Morgan fingerprint density at radius 1 is 1.43 bits per heavy atom. The fraction of sp³-hybridized carbons (Fsp3) is 0.333. The number of benzene rings is 1. The number of fused-ring (bicyclic) bond motifs is 1. The molecule has 1 aromatic rings. The second-order valence-electron chi connectivity index (χ2n) is 3.06. The van der Waals surface area contributed by atoms with Gasteiger partial charge in [-0.15, -0.1) is 0 Å². The van der Waals surface area contributed by atoms with Crippen LogP contribution in [0.4, 0.5) is 13.2 Å². The summed E-state index contributed by atoms with van der Waals surface area (Å²) in [6.07, 6.45) is -2.27. The van der Waals surface area contributed by atoms with Gasteiger partial charge in [-0.1, -0.05) is 6.07 Å². The lowest BCUT2D eigenvalue weighted by atomic mass is 10.1. The van der Waals surface area contributed by atoms with Gasteiger partial charge in [0.2, 0.25) is 0 Å². The first-order valence-corrected chi connectivity index (χ1v) is 4.81. The number of rotatable bonds is 1. The van der Waals surface area contributed by atoms with E-state index in [0.717, 1.165) is 0 Å². The topological polar surface area (TPSA) is 20.2 Å². The first-order valence-electron chi connectivity index (χ1n) is 3.99. The van der Waals surface area contributed by atoms with E-state index in [0.29, 0.717) is 5.56 Å². The molecule has 14 heavy (non-hydrogen) atoms. The van der Waals surface area contributed by atoms with Gasteiger partial charge in [-0.25, -0.2) is 4.39 Å². The van der Waals surface area contributed by atoms with E-state index in [1.54, 1.807) is 0 Å². The average Bonchev–Trinajstić information content (AvgIpc) is 2.38. The molecular formula is C9H7F3OS. The maximum absolute atomic E-state index is 13.2. The van der Waals surface area contributed by atoms with Crippen molar-refractivity contribution in [3.63, 3.8) is 0 Å². The lowest BCUT2D eigenvalue weighted by Gasteiger charge is -2.09. The van der Waals surface area contributed by atoms with E-state index in [1.165, 1.54) is 18.2 Å². The lowest BCUT2D eigenvalue weighted by Crippen LogP contribution is -2.12. The molecule has 1 nitrogen and oxygen atoms in total. The Balaban J connectivity index is 2.45. The van der Waals surface area contributed by atoms with Crippen molar-refractivity contribution in [3.8, 4) is 0 Å². The van der Waals surface area contributed by atoms with E-state index >= 15 is 0 Å². The summed E-state index contributed by atoms with van der Waals surface area (Å²) >= 11 is 0.231. The van der Waals surface area contributed by atoms with Crippen molar-refractivity contribution in [3.05, 3.63) is 29.3 Å². The summed E-state index contributed by atoms with van der Waals surface area (Å²) in [5, 5.41) is 5.39. The van der Waals surface area contributed by atoms with Crippen LogP contribution in [-0.2, 0) is 6.61 Å². The van der Waals surface area contributed by atoms with E-state index in [1.807, 2.05) is 0 Å². The highest BCUT2D eigenvalue weighted by Crippen LogP contribution is 2.55. The monoisotopic (exact) mass is 220 g/mol. The molecule has 1 aliphatic heterocycles. The first-order chi connectivity index (χ1) is 6.54. The quantitative estimate of drug-likeness (QED) is 0.785. The number of aliphatic hydroxyl groups excluding tert-OH is 1. The molecule has 0 spiro atoms. The molecule has 1 unspecified atom stereocenters. The van der Waals surface area contributed by atoms with Gasteiger partial charge >= 0.3 is 5.25 Å². The van der Waals surface area contributed by atoms with Gasteiger partial charge in [-0.05, 0) is 29.5 Å². The molecule has 0 radical (unpaired) electrons. The van der Waals surface area contributed by atoms with E-state index in [-0.39, 0.29) is 28.8 Å². The number of hydrogen-bond acceptors (Lipinski definition) is 2. The molecule has 0 aromatic heterocycles. The number of alkyl halides is 3. The highest BCUT2D eigenvalue weighted by molar-refractivity contribution is 8.00. The third kappa shape index (κ3) is 1.40. The summed E-state index contributed by atoms with van der Waals surface area (Å²) in [5.74, 6) is 0. The molecule has 2 rings (SSSR count). The maximum Gasteiger partial charge on any atom is 0.333 e. The van der Waals surface area contributed by atoms with Crippen molar-refractivity contribution >= 4 is 11.8 Å². The van der Waals surface area contributed by atoms with Crippen LogP contribution in [0.2, 0.25) is 0 Å². The lowest BCUT2D eigenvalue weighted by molar-refractivity contribution is 0.0187. The maximum atomic E-state index is 13.2. The van der Waals surface area contributed by atoms with Crippen molar-refractivity contribution < 1.29 is 18.3 Å². The van der Waals surface area contributed by atoms with E-state index in [9.17, 15) is 13.2 Å². The highest BCUT2D eigenvalue weighted by Gasteiger charge is 2.49. The fourth-order valence-electron chi connectivity index (χ4n) is 1.37. The molecule has 1 aliphatic rings. The molecule has 1 atom stereocenters. The molecule has 1 N–H and O–H groups in total. The van der Waals surface area contributed by atoms with Crippen LogP contribution in [0, 0.1) is 0 Å². The summed E-state index contributed by atoms with van der Waals surface area (Å²) in [6, 6.07) is 4.22. The zero-order chi connectivity index (χ0) is 10.3. The summed E-state index contributed by atoms with van der Waals surface area (Å²) in [6.45, 7) is -0.268. The van der Waals surface area contributed by atoms with Crippen molar-refractivity contribution in [1.29, 1.82) is 0 Å². The zero-order valence-corrected chi connectivity index (χ0v) is 7.82. The molecule has 0 aliphatic carbocycles. The minimum Gasteiger partial charge on any atom is -0.392 e. The largest absolute Gasteiger partial charge is 0.392 e. The van der Waals surface area contributed by atoms with Gasteiger partial charge in [0.05, 0.1) is 6.61 Å². The molecular weight excluding hydrogens is 213 g/mol. The molecule has 76 valence electrons. The molecule has 0 saturated carbocycles. The summed E-state index contributed by atoms with van der Waals surface area (Å²) in [7, 11) is 0. The second-order valence-corrected chi connectivity index (χ2v) is 4.24. The Kier molecular flexibility index (Phi) is 2.23. The third-order valence-electron chi connectivity index (χ3n) is 2.07. The SMILES string of the molecule is OCc1ccc2c(c1)C(F)C(F)(F)S2. The molecule has 1 heterocycles. The Morgan fingerprint density at radius 3 is 2.79 bits per heavy atom. The van der Waals surface area contributed by atoms with Gasteiger partial charge in [0.25, 0.3) is 0 Å². The molecule has 1 aromatic carbocycles. The number of hydrogen-bond donors (Lipinski definition) is 1. The predicted octanol–water partition coefficient (Wildman–Crippen LogP) is 2.89. The molecule has 0 saturated heterocycles. The average molecular weight is 220 g/mol. The van der Waals surface area contributed by atoms with E-state index < -0.39 is 11.4 Å². The zero-order valence-electron chi connectivity index (χ0n) is 7.01. The van der Waals surface area contributed by atoms with Gasteiger partial charge in [-0.3, -0.25) is 0 Å². The summed E-state index contributed by atoms with van der Waals surface area (Å²) in [5.41, 5.74) is 0.427. The van der Waals surface area contributed by atoms with Crippen LogP contribution in [0.5, 0.6) is 0 Å². The fourth-order valence-corrected chi connectivity index (χ4v) is 2.31. The minimum absolute atomic E-state index is 0.0217. The third-order valence-corrected chi connectivity index (χ3v) is 3.14. The minimum atomic E-state index is -3.38. The van der Waals surface area contributed by atoms with Gasteiger partial charge in [0, 0.05) is 10.5 Å². The first kappa shape index (κ1) is 9.86. The molecule has 0 amide bonds. The predicted molar refractivity (Wildman–Crippen MR) is 47.0 cm³/mol. The van der Waals surface area contributed by atoms with Crippen LogP contribution >= 0.6 is 11.8 Å². The summed E-state index contributed by atoms with van der Waals surface area (Å²) < 4.78 is 38.9. The van der Waals surface area contributed by atoms with Gasteiger partial charge < -0.3 is 5.11 Å². The van der Waals surface area contributed by atoms with Crippen molar-refractivity contribution in [2.45, 2.75) is 22.9 Å². The molecule has 0 fully saturated rings. The van der Waals surface area contributed by atoms with E-state index in [2.05, 4.69) is 0 Å². The Hall–Kier alpha value is -0.680. The van der Waals surface area contributed by atoms with Crippen LogP contribution < -0.4 is 0 Å². The van der Waals surface area contributed by atoms with Gasteiger partial charge in [0.15, 0.2) is 6.17 Å².